The van der Waals surface area contributed by atoms with Crippen LogP contribution in [-0.2, 0) is 0 Å². The quantitative estimate of drug-likeness (QED) is 0.510. The molecule has 0 aliphatic heterocycles. The average molecular weight is 138 g/mol. The molecule has 0 saturated carbocycles. The van der Waals surface area contributed by atoms with E-state index in [0.717, 1.165) is 5.92 Å². The van der Waals surface area contributed by atoms with Crippen LogP contribution >= 0.6 is 0 Å². The van der Waals surface area contributed by atoms with E-state index in [1.807, 2.05) is 0 Å². The van der Waals surface area contributed by atoms with Crippen molar-refractivity contribution in [1.29, 1.82) is 0 Å². The van der Waals surface area contributed by atoms with Gasteiger partial charge >= 0.3 is 0 Å². The van der Waals surface area contributed by atoms with Crippen molar-refractivity contribution in [2.75, 3.05) is 0 Å². The Morgan fingerprint density at radius 2 is 1.80 bits per heavy atom. The smallest absolute Gasteiger partial charge is 0.0158 e. The molecule has 0 atom stereocenters. The number of hydrogen-bond acceptors (Lipinski definition) is 0. The SMILES string of the molecule is C=C=CC(CCC)CCC. The first-order valence-electron chi connectivity index (χ1n) is 4.21. The topological polar surface area (TPSA) is 0 Å². The minimum atomic E-state index is 0.729. The molecule has 0 aliphatic carbocycles. The Morgan fingerprint density at radius 1 is 1.30 bits per heavy atom. The number of rotatable bonds is 5. The van der Waals surface area contributed by atoms with Crippen LogP contribution in [-0.4, -0.2) is 0 Å². The van der Waals surface area contributed by atoms with Crippen LogP contribution in [0.1, 0.15) is 39.5 Å². The standard InChI is InChI=1S/C10H18/c1-4-7-10(8-5-2)9-6-3/h7,10H,1,5-6,8-9H2,2-3H3. The van der Waals surface area contributed by atoms with Crippen molar-refractivity contribution in [3.8, 4) is 0 Å². The van der Waals surface area contributed by atoms with Crippen LogP contribution in [0.5, 0.6) is 0 Å². The van der Waals surface area contributed by atoms with Crippen LogP contribution in [0.15, 0.2) is 18.4 Å². The first-order chi connectivity index (χ1) is 4.85. The van der Waals surface area contributed by atoms with E-state index in [1.54, 1.807) is 0 Å². The first kappa shape index (κ1) is 9.52. The fraction of sp³-hybridized carbons (Fsp3) is 0.700. The van der Waals surface area contributed by atoms with Crippen LogP contribution in [0.25, 0.3) is 0 Å². The molecular weight excluding hydrogens is 120 g/mol. The summed E-state index contributed by atoms with van der Waals surface area (Å²) in [7, 11) is 0. The highest BCUT2D eigenvalue weighted by Crippen LogP contribution is 2.13. The monoisotopic (exact) mass is 138 g/mol. The molecule has 0 aromatic rings. The Hall–Kier alpha value is -0.480. The second-order valence-corrected chi connectivity index (χ2v) is 2.71. The molecule has 0 unspecified atom stereocenters. The van der Waals surface area contributed by atoms with Gasteiger partial charge in [0, 0.05) is 0 Å². The van der Waals surface area contributed by atoms with Gasteiger partial charge in [-0.1, -0.05) is 33.3 Å². The molecule has 10 heavy (non-hydrogen) atoms. The second-order valence-electron chi connectivity index (χ2n) is 2.71. The molecule has 0 fully saturated rings. The van der Waals surface area contributed by atoms with Crippen molar-refractivity contribution >= 4 is 0 Å². The van der Waals surface area contributed by atoms with Gasteiger partial charge in [-0.15, -0.1) is 5.73 Å². The summed E-state index contributed by atoms with van der Waals surface area (Å²) in [6.07, 6.45) is 7.21. The van der Waals surface area contributed by atoms with Crippen molar-refractivity contribution in [2.45, 2.75) is 39.5 Å². The summed E-state index contributed by atoms with van der Waals surface area (Å²) in [4.78, 5) is 0. The highest BCUT2D eigenvalue weighted by atomic mass is 14.0. The molecule has 0 nitrogen and oxygen atoms in total. The molecule has 0 rings (SSSR count). The summed E-state index contributed by atoms with van der Waals surface area (Å²) < 4.78 is 0. The lowest BCUT2D eigenvalue weighted by atomic mass is 9.99. The summed E-state index contributed by atoms with van der Waals surface area (Å²) in [6, 6.07) is 0. The van der Waals surface area contributed by atoms with E-state index >= 15 is 0 Å². The minimum Gasteiger partial charge on any atom is -0.133 e. The molecule has 0 aromatic heterocycles. The Bertz CT molecular complexity index is 101. The molecule has 58 valence electrons. The van der Waals surface area contributed by atoms with E-state index in [4.69, 9.17) is 0 Å². The van der Waals surface area contributed by atoms with Crippen LogP contribution < -0.4 is 0 Å². The molecule has 0 amide bonds. The van der Waals surface area contributed by atoms with Crippen LogP contribution in [0.3, 0.4) is 0 Å². The summed E-state index contributed by atoms with van der Waals surface area (Å²) in [5, 5.41) is 0. The van der Waals surface area contributed by atoms with E-state index in [2.05, 4.69) is 32.2 Å². The highest BCUT2D eigenvalue weighted by Gasteiger charge is 1.99. The Balaban J connectivity index is 3.60. The summed E-state index contributed by atoms with van der Waals surface area (Å²) >= 11 is 0. The van der Waals surface area contributed by atoms with Crippen molar-refractivity contribution in [3.63, 3.8) is 0 Å². The highest BCUT2D eigenvalue weighted by molar-refractivity contribution is 4.83. The lowest BCUT2D eigenvalue weighted by molar-refractivity contribution is 0.530. The first-order valence-corrected chi connectivity index (χ1v) is 4.21. The van der Waals surface area contributed by atoms with Gasteiger partial charge in [-0.25, -0.2) is 0 Å². The molecule has 0 heterocycles. The maximum atomic E-state index is 3.58. The van der Waals surface area contributed by atoms with Gasteiger partial charge in [-0.3, -0.25) is 0 Å². The third-order valence-electron chi connectivity index (χ3n) is 1.67. The van der Waals surface area contributed by atoms with Crippen molar-refractivity contribution in [1.82, 2.24) is 0 Å². The van der Waals surface area contributed by atoms with E-state index < -0.39 is 0 Å². The molecule has 0 aliphatic rings. The van der Waals surface area contributed by atoms with Gasteiger partial charge in [0.2, 0.25) is 0 Å². The van der Waals surface area contributed by atoms with Gasteiger partial charge in [0.1, 0.15) is 0 Å². The van der Waals surface area contributed by atoms with Crippen LogP contribution in [0, 0.1) is 5.92 Å². The van der Waals surface area contributed by atoms with Crippen LogP contribution in [0.2, 0.25) is 0 Å². The lowest BCUT2D eigenvalue weighted by Gasteiger charge is -2.07. The van der Waals surface area contributed by atoms with E-state index in [-0.39, 0.29) is 0 Å². The van der Waals surface area contributed by atoms with E-state index in [9.17, 15) is 0 Å². The van der Waals surface area contributed by atoms with Gasteiger partial charge in [-0.2, -0.15) is 0 Å². The zero-order chi connectivity index (χ0) is 7.82. The van der Waals surface area contributed by atoms with Gasteiger partial charge in [0.25, 0.3) is 0 Å². The third-order valence-corrected chi connectivity index (χ3v) is 1.67. The van der Waals surface area contributed by atoms with Crippen molar-refractivity contribution < 1.29 is 0 Å². The maximum Gasteiger partial charge on any atom is -0.0158 e. The Labute approximate surface area is 64.6 Å². The summed E-state index contributed by atoms with van der Waals surface area (Å²) in [6.45, 7) is 8.03. The predicted molar refractivity (Wildman–Crippen MR) is 47.0 cm³/mol. The van der Waals surface area contributed by atoms with Gasteiger partial charge in [-0.05, 0) is 24.8 Å². The number of hydrogen-bond donors (Lipinski definition) is 0. The zero-order valence-corrected chi connectivity index (χ0v) is 7.19. The lowest BCUT2D eigenvalue weighted by Crippen LogP contribution is -1.93. The minimum absolute atomic E-state index is 0.729. The fourth-order valence-corrected chi connectivity index (χ4v) is 1.22. The van der Waals surface area contributed by atoms with Crippen LogP contribution in [0.4, 0.5) is 0 Å². The fourth-order valence-electron chi connectivity index (χ4n) is 1.22. The van der Waals surface area contributed by atoms with Crippen molar-refractivity contribution in [2.24, 2.45) is 5.92 Å². The van der Waals surface area contributed by atoms with Gasteiger partial charge in [0.15, 0.2) is 0 Å². The Kier molecular flexibility index (Phi) is 6.32. The Morgan fingerprint density at radius 3 is 2.10 bits per heavy atom. The molecular formula is C10H18. The largest absolute Gasteiger partial charge is 0.133 e. The molecule has 0 saturated heterocycles. The van der Waals surface area contributed by atoms with E-state index in [1.165, 1.54) is 25.7 Å². The molecule has 0 radical (unpaired) electrons. The van der Waals surface area contributed by atoms with Gasteiger partial charge in [0.05, 0.1) is 0 Å². The maximum absolute atomic E-state index is 3.58. The molecule has 0 aromatic carbocycles. The van der Waals surface area contributed by atoms with Gasteiger partial charge < -0.3 is 0 Å². The van der Waals surface area contributed by atoms with E-state index in [0.29, 0.717) is 0 Å². The predicted octanol–water partition coefficient (Wildman–Crippen LogP) is 3.54. The molecule has 0 N–H and O–H groups in total. The summed E-state index contributed by atoms with van der Waals surface area (Å²) in [5.74, 6) is 0.729. The number of allylic oxidation sites excluding steroid dienone is 1. The molecule has 0 spiro atoms. The second kappa shape index (κ2) is 6.64. The third kappa shape index (κ3) is 4.40. The molecule has 0 heteroatoms. The average Bonchev–Trinajstić information content (AvgIpc) is 1.90. The summed E-state index contributed by atoms with van der Waals surface area (Å²) in [5.41, 5.74) is 2.86. The zero-order valence-electron chi connectivity index (χ0n) is 7.19. The van der Waals surface area contributed by atoms with Crippen molar-refractivity contribution in [3.05, 3.63) is 18.4 Å². The normalized spacial score (nSPS) is 9.50. The molecule has 0 bridgehead atoms.